The Morgan fingerprint density at radius 3 is 2.83 bits per heavy atom. The van der Waals surface area contributed by atoms with Crippen LogP contribution in [0.15, 0.2) is 51.4 Å². The van der Waals surface area contributed by atoms with E-state index in [0.29, 0.717) is 28.3 Å². The number of rotatable bonds is 5. The van der Waals surface area contributed by atoms with Gasteiger partial charge in [0.2, 0.25) is 5.88 Å². The predicted octanol–water partition coefficient (Wildman–Crippen LogP) is 3.45. The predicted molar refractivity (Wildman–Crippen MR) is 129 cm³/mol. The number of alkyl halides is 3. The number of hydrogen-bond acceptors (Lipinski definition) is 6. The average molecular weight is 521 g/mol. The first-order chi connectivity index (χ1) is 16.7. The first-order valence-corrected chi connectivity index (χ1v) is 12.2. The molecule has 0 amide bonds. The zero-order valence-electron chi connectivity index (χ0n) is 18.3. The van der Waals surface area contributed by atoms with Gasteiger partial charge in [0.15, 0.2) is 0 Å². The highest BCUT2D eigenvalue weighted by Gasteiger charge is 2.34. The lowest BCUT2D eigenvalue weighted by Crippen LogP contribution is -2.30. The van der Waals surface area contributed by atoms with Crippen LogP contribution in [-0.4, -0.2) is 28.5 Å². The van der Waals surface area contributed by atoms with Gasteiger partial charge in [0.1, 0.15) is 0 Å². The third-order valence-electron chi connectivity index (χ3n) is 6.19. The smallest absolute Gasteiger partial charge is 0.416 e. The largest absolute Gasteiger partial charge is 0.493 e. The highest BCUT2D eigenvalue weighted by Crippen LogP contribution is 2.37. The van der Waals surface area contributed by atoms with Gasteiger partial charge in [-0.1, -0.05) is 35.1 Å². The van der Waals surface area contributed by atoms with Crippen molar-refractivity contribution in [2.45, 2.75) is 38.0 Å². The van der Waals surface area contributed by atoms with Crippen LogP contribution in [0.1, 0.15) is 34.4 Å². The number of benzene rings is 2. The van der Waals surface area contributed by atoms with E-state index in [-0.39, 0.29) is 38.7 Å². The molecule has 1 aromatic heterocycles. The van der Waals surface area contributed by atoms with Gasteiger partial charge in [0.05, 0.1) is 22.0 Å². The van der Waals surface area contributed by atoms with Crippen LogP contribution in [0.5, 0.6) is 5.88 Å². The van der Waals surface area contributed by atoms with E-state index < -0.39 is 11.7 Å². The summed E-state index contributed by atoms with van der Waals surface area (Å²) in [6, 6.07) is 8.84. The maximum Gasteiger partial charge on any atom is 0.416 e. The Labute approximate surface area is 206 Å². The molecule has 182 valence electrons. The second-order valence-electron chi connectivity index (χ2n) is 8.50. The fraction of sp³-hybridized carbons (Fsp3) is 0.292. The third kappa shape index (κ3) is 4.78. The molecule has 0 radical (unpaired) electrons. The number of nitrogens with zero attached hydrogens (tertiary/aromatic N) is 3. The summed E-state index contributed by atoms with van der Waals surface area (Å²) in [5.41, 5.74) is 0.230. The van der Waals surface area contributed by atoms with Crippen LogP contribution in [0.3, 0.4) is 0 Å². The van der Waals surface area contributed by atoms with E-state index in [2.05, 4.69) is 15.5 Å². The van der Waals surface area contributed by atoms with Crippen LogP contribution in [0.25, 0.3) is 5.57 Å². The minimum absolute atomic E-state index is 0.0139. The van der Waals surface area contributed by atoms with Gasteiger partial charge in [-0.15, -0.1) is 0 Å². The molecule has 0 spiro atoms. The van der Waals surface area contributed by atoms with Crippen LogP contribution >= 0.6 is 22.9 Å². The maximum atomic E-state index is 13.8. The number of fused-ring (bicyclic) bond motifs is 1. The molecule has 6 nitrogen and oxygen atoms in total. The third-order valence-corrected chi connectivity index (χ3v) is 7.45. The topological polar surface area (TPSA) is 79.0 Å². The molecule has 3 heterocycles. The molecule has 2 aliphatic rings. The summed E-state index contributed by atoms with van der Waals surface area (Å²) in [5, 5.41) is 23.4. The van der Waals surface area contributed by atoms with Crippen molar-refractivity contribution in [3.8, 4) is 5.88 Å². The van der Waals surface area contributed by atoms with Crippen molar-refractivity contribution in [3.05, 3.63) is 83.2 Å². The molecule has 35 heavy (non-hydrogen) atoms. The molecular formula is C24H20ClF3N4O2S. The Balaban J connectivity index is 1.68. The number of halogens is 4. The molecule has 0 unspecified atom stereocenters. The van der Waals surface area contributed by atoms with E-state index in [1.54, 1.807) is 24.4 Å². The molecule has 0 aliphatic carbocycles. The summed E-state index contributed by atoms with van der Waals surface area (Å²) >= 11 is 6.69. The Bertz CT molecular complexity index is 1500. The summed E-state index contributed by atoms with van der Waals surface area (Å²) in [6.45, 7) is 1.13. The summed E-state index contributed by atoms with van der Waals surface area (Å²) in [4.78, 5) is 12.7. The van der Waals surface area contributed by atoms with Crippen molar-refractivity contribution in [2.24, 2.45) is 10.2 Å². The SMILES string of the molecule is O=c1sc(C(Cc2ccc(Cl)cc2C(F)(F)F)=c2ccc3c(c2)C=NN=3)c(O)n1C[C@H]1CCCN1. The van der Waals surface area contributed by atoms with Gasteiger partial charge in [-0.2, -0.15) is 23.4 Å². The Morgan fingerprint density at radius 1 is 1.26 bits per heavy atom. The number of thiazole rings is 1. The molecule has 0 saturated carbocycles. The van der Waals surface area contributed by atoms with Gasteiger partial charge in [-0.05, 0) is 60.0 Å². The molecule has 1 atom stereocenters. The van der Waals surface area contributed by atoms with E-state index in [1.807, 2.05) is 0 Å². The standard InChI is InChI=1S/C24H20ClF3N4O2S/c25-16-5-3-14(19(10-16)24(26,27)28)9-18(13-4-6-20-15(8-13)11-30-31-20)21-22(33)32(23(34)35-21)12-17-2-1-7-29-17/h3-6,8,10-11,17,29,33H,1-2,7,9,12H2/t17-/m1/s1. The zero-order chi connectivity index (χ0) is 24.7. The van der Waals surface area contributed by atoms with Gasteiger partial charge < -0.3 is 10.4 Å². The van der Waals surface area contributed by atoms with E-state index in [0.717, 1.165) is 36.8 Å². The summed E-state index contributed by atoms with van der Waals surface area (Å²) in [5.74, 6) is -0.245. The van der Waals surface area contributed by atoms with Gasteiger partial charge in [0.25, 0.3) is 0 Å². The van der Waals surface area contributed by atoms with E-state index in [4.69, 9.17) is 11.6 Å². The minimum Gasteiger partial charge on any atom is -0.493 e. The van der Waals surface area contributed by atoms with Crippen molar-refractivity contribution in [3.63, 3.8) is 0 Å². The molecular weight excluding hydrogens is 501 g/mol. The average Bonchev–Trinajstić information content (AvgIpc) is 3.55. The highest BCUT2D eigenvalue weighted by molar-refractivity contribution is 7.10. The molecule has 2 N–H and O–H groups in total. The van der Waals surface area contributed by atoms with Crippen molar-refractivity contribution in [2.75, 3.05) is 6.54 Å². The van der Waals surface area contributed by atoms with Gasteiger partial charge >= 0.3 is 11.0 Å². The van der Waals surface area contributed by atoms with Crippen LogP contribution in [0, 0.1) is 0 Å². The van der Waals surface area contributed by atoms with E-state index in [1.165, 1.54) is 16.7 Å². The molecule has 1 fully saturated rings. The fourth-order valence-corrected chi connectivity index (χ4v) is 5.58. The summed E-state index contributed by atoms with van der Waals surface area (Å²) < 4.78 is 42.8. The number of hydrogen-bond donors (Lipinski definition) is 2. The number of nitrogens with one attached hydrogen (secondary N) is 1. The van der Waals surface area contributed by atoms with Crippen LogP contribution in [0.4, 0.5) is 13.2 Å². The van der Waals surface area contributed by atoms with E-state index >= 15 is 0 Å². The van der Waals surface area contributed by atoms with Crippen molar-refractivity contribution in [1.82, 2.24) is 9.88 Å². The monoisotopic (exact) mass is 520 g/mol. The number of aromatic hydroxyl groups is 1. The Kier molecular flexibility index (Phi) is 6.29. The second kappa shape index (κ2) is 9.25. The van der Waals surface area contributed by atoms with Crippen LogP contribution < -0.4 is 20.8 Å². The molecule has 2 aliphatic heterocycles. The lowest BCUT2D eigenvalue weighted by molar-refractivity contribution is -0.138. The van der Waals surface area contributed by atoms with Crippen molar-refractivity contribution in [1.29, 1.82) is 0 Å². The van der Waals surface area contributed by atoms with Crippen LogP contribution in [0.2, 0.25) is 5.02 Å². The lowest BCUT2D eigenvalue weighted by Gasteiger charge is -2.15. The van der Waals surface area contributed by atoms with Crippen molar-refractivity contribution < 1.29 is 18.3 Å². The molecule has 0 bridgehead atoms. The molecule has 5 rings (SSSR count). The highest BCUT2D eigenvalue weighted by atomic mass is 35.5. The minimum atomic E-state index is -4.62. The quantitative estimate of drug-likeness (QED) is 0.541. The summed E-state index contributed by atoms with van der Waals surface area (Å²) in [6.07, 6.45) is -1.38. The van der Waals surface area contributed by atoms with Gasteiger partial charge in [0, 0.05) is 29.6 Å². The Hall–Kier alpha value is -2.95. The lowest BCUT2D eigenvalue weighted by atomic mass is 9.96. The number of aromatic nitrogens is 1. The molecule has 3 aromatic rings. The first-order valence-electron chi connectivity index (χ1n) is 11.0. The fourth-order valence-electron chi connectivity index (χ4n) is 4.45. The Morgan fingerprint density at radius 2 is 2.09 bits per heavy atom. The molecule has 1 saturated heterocycles. The normalized spacial score (nSPS) is 18.0. The molecule has 11 heteroatoms. The maximum absolute atomic E-state index is 13.8. The first kappa shape index (κ1) is 23.8. The summed E-state index contributed by atoms with van der Waals surface area (Å²) in [7, 11) is 0. The van der Waals surface area contributed by atoms with Gasteiger partial charge in [-0.25, -0.2) is 0 Å². The second-order valence-corrected chi connectivity index (χ2v) is 9.90. The van der Waals surface area contributed by atoms with Crippen LogP contribution in [-0.2, 0) is 19.1 Å². The van der Waals surface area contributed by atoms with Gasteiger partial charge in [-0.3, -0.25) is 9.36 Å². The molecule has 2 aromatic carbocycles. The van der Waals surface area contributed by atoms with E-state index in [9.17, 15) is 23.1 Å². The van der Waals surface area contributed by atoms with Crippen molar-refractivity contribution >= 4 is 34.7 Å². The zero-order valence-corrected chi connectivity index (χ0v) is 19.8.